The Bertz CT molecular complexity index is 413. The third-order valence-electron chi connectivity index (χ3n) is 3.80. The fourth-order valence-electron chi connectivity index (χ4n) is 1.99. The molecule has 0 saturated heterocycles. The maximum Gasteiger partial charge on any atom is 0.142 e. The quantitative estimate of drug-likeness (QED) is 0.862. The fraction of sp³-hybridized carbons (Fsp3) is 0.600. The molecule has 0 radical (unpaired) electrons. The van der Waals surface area contributed by atoms with Crippen LogP contribution in [0.5, 0.6) is 5.75 Å². The van der Waals surface area contributed by atoms with Crippen LogP contribution in [-0.4, -0.2) is 23.9 Å². The van der Waals surface area contributed by atoms with Crippen molar-refractivity contribution in [3.05, 3.63) is 23.8 Å². The molecule has 0 spiro atoms. The molecule has 0 aliphatic carbocycles. The van der Waals surface area contributed by atoms with Crippen LogP contribution in [0.2, 0.25) is 0 Å². The number of nitrogens with one attached hydrogen (secondary N) is 1. The average Bonchev–Trinajstić information content (AvgIpc) is 2.36. The number of hydrogen-bond donors (Lipinski definition) is 2. The summed E-state index contributed by atoms with van der Waals surface area (Å²) >= 11 is 0. The van der Waals surface area contributed by atoms with Crippen LogP contribution in [0.1, 0.15) is 32.8 Å². The monoisotopic (exact) mass is 249 g/mol. The molecule has 1 aliphatic heterocycles. The lowest BCUT2D eigenvalue weighted by molar-refractivity contribution is -0.0264. The fourth-order valence-corrected chi connectivity index (χ4v) is 1.99. The summed E-state index contributed by atoms with van der Waals surface area (Å²) in [6.45, 7) is 7.14. The van der Waals surface area contributed by atoms with E-state index in [1.54, 1.807) is 0 Å². The number of ether oxygens (including phenoxy) is 1. The summed E-state index contributed by atoms with van der Waals surface area (Å²) in [5, 5.41) is 13.6. The predicted octanol–water partition coefficient (Wildman–Crippen LogP) is 2.83. The molecule has 1 atom stereocenters. The first-order valence-corrected chi connectivity index (χ1v) is 6.71. The van der Waals surface area contributed by atoms with Crippen LogP contribution in [0.3, 0.4) is 0 Å². The molecule has 0 fully saturated rings. The summed E-state index contributed by atoms with van der Waals surface area (Å²) in [6, 6.07) is 6.12. The molecule has 1 aliphatic rings. The third-order valence-corrected chi connectivity index (χ3v) is 3.80. The van der Waals surface area contributed by atoms with Gasteiger partial charge >= 0.3 is 0 Å². The SMILES string of the molecule is CC(C)C(C)(O)COc1cccc2c1NCCC2. The molecule has 1 unspecified atom stereocenters. The number of anilines is 1. The highest BCUT2D eigenvalue weighted by molar-refractivity contribution is 5.63. The first-order chi connectivity index (χ1) is 8.50. The molecule has 2 rings (SSSR count). The Morgan fingerprint density at radius 2 is 2.22 bits per heavy atom. The van der Waals surface area contributed by atoms with Gasteiger partial charge in [0.15, 0.2) is 0 Å². The summed E-state index contributed by atoms with van der Waals surface area (Å²) in [7, 11) is 0. The summed E-state index contributed by atoms with van der Waals surface area (Å²) in [6.07, 6.45) is 2.26. The number of para-hydroxylation sites is 1. The van der Waals surface area contributed by atoms with E-state index in [0.717, 1.165) is 24.4 Å². The van der Waals surface area contributed by atoms with Crippen LogP contribution < -0.4 is 10.1 Å². The second-order valence-electron chi connectivity index (χ2n) is 5.62. The number of aryl methyl sites for hydroxylation is 1. The van der Waals surface area contributed by atoms with E-state index in [9.17, 15) is 5.11 Å². The average molecular weight is 249 g/mol. The van der Waals surface area contributed by atoms with E-state index >= 15 is 0 Å². The molecule has 0 bridgehead atoms. The van der Waals surface area contributed by atoms with Crippen molar-refractivity contribution in [2.24, 2.45) is 5.92 Å². The number of benzene rings is 1. The topological polar surface area (TPSA) is 41.5 Å². The van der Waals surface area contributed by atoms with Crippen molar-refractivity contribution in [3.63, 3.8) is 0 Å². The second-order valence-corrected chi connectivity index (χ2v) is 5.62. The number of fused-ring (bicyclic) bond motifs is 1. The van der Waals surface area contributed by atoms with Crippen molar-refractivity contribution in [1.82, 2.24) is 0 Å². The van der Waals surface area contributed by atoms with Gasteiger partial charge in [-0.25, -0.2) is 0 Å². The largest absolute Gasteiger partial charge is 0.488 e. The van der Waals surface area contributed by atoms with Gasteiger partial charge in [-0.3, -0.25) is 0 Å². The molecule has 3 heteroatoms. The highest BCUT2D eigenvalue weighted by atomic mass is 16.5. The Morgan fingerprint density at radius 1 is 1.44 bits per heavy atom. The minimum Gasteiger partial charge on any atom is -0.488 e. The molecule has 0 aromatic heterocycles. The normalized spacial score (nSPS) is 17.8. The Labute approximate surface area is 109 Å². The van der Waals surface area contributed by atoms with E-state index in [0.29, 0.717) is 6.61 Å². The van der Waals surface area contributed by atoms with Gasteiger partial charge in [-0.05, 0) is 37.3 Å². The van der Waals surface area contributed by atoms with Crippen LogP contribution in [0, 0.1) is 5.92 Å². The van der Waals surface area contributed by atoms with E-state index in [1.165, 1.54) is 12.0 Å². The van der Waals surface area contributed by atoms with Crippen molar-refractivity contribution < 1.29 is 9.84 Å². The maximum absolute atomic E-state index is 10.2. The molecule has 0 saturated carbocycles. The van der Waals surface area contributed by atoms with E-state index in [4.69, 9.17) is 4.74 Å². The minimum atomic E-state index is -0.794. The zero-order valence-electron chi connectivity index (χ0n) is 11.5. The zero-order valence-corrected chi connectivity index (χ0v) is 11.5. The molecule has 1 aromatic carbocycles. The lowest BCUT2D eigenvalue weighted by Gasteiger charge is -2.29. The first kappa shape index (κ1) is 13.2. The highest BCUT2D eigenvalue weighted by Gasteiger charge is 2.26. The lowest BCUT2D eigenvalue weighted by Crippen LogP contribution is -2.38. The lowest BCUT2D eigenvalue weighted by atomic mass is 9.94. The van der Waals surface area contributed by atoms with E-state index in [-0.39, 0.29) is 5.92 Å². The molecular weight excluding hydrogens is 226 g/mol. The molecule has 2 N–H and O–H groups in total. The van der Waals surface area contributed by atoms with E-state index in [1.807, 2.05) is 32.9 Å². The second kappa shape index (κ2) is 5.19. The van der Waals surface area contributed by atoms with Gasteiger partial charge in [0.25, 0.3) is 0 Å². The zero-order chi connectivity index (χ0) is 13.2. The number of rotatable bonds is 4. The van der Waals surface area contributed by atoms with Crippen molar-refractivity contribution in [2.45, 2.75) is 39.2 Å². The van der Waals surface area contributed by atoms with Crippen molar-refractivity contribution in [2.75, 3.05) is 18.5 Å². The summed E-state index contributed by atoms with van der Waals surface area (Å²) < 4.78 is 5.82. The van der Waals surface area contributed by atoms with Gasteiger partial charge in [0.05, 0.1) is 11.3 Å². The summed E-state index contributed by atoms with van der Waals surface area (Å²) in [5.74, 6) is 1.03. The first-order valence-electron chi connectivity index (χ1n) is 6.71. The standard InChI is InChI=1S/C15H23NO2/c1-11(2)15(3,17)10-18-13-8-4-6-12-7-5-9-16-14(12)13/h4,6,8,11,16-17H,5,7,9-10H2,1-3H3. The Balaban J connectivity index is 2.10. The molecule has 1 heterocycles. The van der Waals surface area contributed by atoms with Gasteiger partial charge in [0.2, 0.25) is 0 Å². The molecule has 0 amide bonds. The summed E-state index contributed by atoms with van der Waals surface area (Å²) in [4.78, 5) is 0. The Kier molecular flexibility index (Phi) is 3.81. The van der Waals surface area contributed by atoms with Gasteiger partial charge < -0.3 is 15.2 Å². The van der Waals surface area contributed by atoms with Crippen LogP contribution in [-0.2, 0) is 6.42 Å². The van der Waals surface area contributed by atoms with Crippen molar-refractivity contribution in [1.29, 1.82) is 0 Å². The third kappa shape index (κ3) is 2.78. The van der Waals surface area contributed by atoms with E-state index < -0.39 is 5.60 Å². The van der Waals surface area contributed by atoms with Gasteiger partial charge in [-0.2, -0.15) is 0 Å². The number of aliphatic hydroxyl groups is 1. The molecule has 18 heavy (non-hydrogen) atoms. The molecule has 1 aromatic rings. The smallest absolute Gasteiger partial charge is 0.142 e. The molecule has 3 nitrogen and oxygen atoms in total. The molecule has 100 valence electrons. The van der Waals surface area contributed by atoms with Gasteiger partial charge in [-0.1, -0.05) is 26.0 Å². The van der Waals surface area contributed by atoms with E-state index in [2.05, 4.69) is 11.4 Å². The van der Waals surface area contributed by atoms with Gasteiger partial charge in [-0.15, -0.1) is 0 Å². The summed E-state index contributed by atoms with van der Waals surface area (Å²) in [5.41, 5.74) is 1.61. The maximum atomic E-state index is 10.2. The predicted molar refractivity (Wildman–Crippen MR) is 74.2 cm³/mol. The van der Waals surface area contributed by atoms with Crippen LogP contribution in [0.15, 0.2) is 18.2 Å². The van der Waals surface area contributed by atoms with Gasteiger partial charge in [0, 0.05) is 6.54 Å². The van der Waals surface area contributed by atoms with Crippen LogP contribution in [0.4, 0.5) is 5.69 Å². The highest BCUT2D eigenvalue weighted by Crippen LogP contribution is 2.32. The van der Waals surface area contributed by atoms with Crippen LogP contribution >= 0.6 is 0 Å². The minimum absolute atomic E-state index is 0.171. The van der Waals surface area contributed by atoms with Gasteiger partial charge in [0.1, 0.15) is 12.4 Å². The Hall–Kier alpha value is -1.22. The molecular formula is C15H23NO2. The van der Waals surface area contributed by atoms with Crippen molar-refractivity contribution >= 4 is 5.69 Å². The number of hydrogen-bond acceptors (Lipinski definition) is 3. The van der Waals surface area contributed by atoms with Crippen LogP contribution in [0.25, 0.3) is 0 Å². The van der Waals surface area contributed by atoms with Crippen molar-refractivity contribution in [3.8, 4) is 5.75 Å². The Morgan fingerprint density at radius 3 is 2.94 bits per heavy atom.